The summed E-state index contributed by atoms with van der Waals surface area (Å²) >= 11 is 1.62. The number of amides is 3. The van der Waals surface area contributed by atoms with Crippen molar-refractivity contribution in [2.24, 2.45) is 16.7 Å². The maximum Gasteiger partial charge on any atom is 0.253 e. The molecular formula is C45H60N8O4S. The second kappa shape index (κ2) is 17.3. The average Bonchev–Trinajstić information content (AvgIpc) is 3.98. The first kappa shape index (κ1) is 41.5. The highest BCUT2D eigenvalue weighted by atomic mass is 32.1. The average molecular weight is 809 g/mol. The zero-order valence-corrected chi connectivity index (χ0v) is 36.0. The zero-order chi connectivity index (χ0) is 41.2. The molecule has 5 heterocycles. The Balaban J connectivity index is 0.854. The Kier molecular flexibility index (Phi) is 12.4. The van der Waals surface area contributed by atoms with E-state index >= 15 is 0 Å². The van der Waals surface area contributed by atoms with Crippen molar-refractivity contribution in [1.82, 2.24) is 35.6 Å². The minimum atomic E-state index is -0.510. The van der Waals surface area contributed by atoms with E-state index in [9.17, 15) is 14.4 Å². The van der Waals surface area contributed by atoms with Crippen LogP contribution in [0.4, 0.5) is 5.82 Å². The summed E-state index contributed by atoms with van der Waals surface area (Å²) in [7, 11) is 0. The van der Waals surface area contributed by atoms with Gasteiger partial charge in [0.1, 0.15) is 23.5 Å². The molecule has 0 radical (unpaired) electrons. The lowest BCUT2D eigenvalue weighted by atomic mass is 9.52. The molecule has 1 aromatic carbocycles. The number of likely N-dealkylation sites (tertiary alicyclic amines) is 1. The first-order chi connectivity index (χ1) is 27.7. The Labute approximate surface area is 347 Å². The van der Waals surface area contributed by atoms with Crippen LogP contribution in [0.1, 0.15) is 106 Å². The molecule has 7 rings (SSSR count). The Morgan fingerprint density at radius 2 is 1.71 bits per heavy atom. The number of carbonyl (C=O) groups is 3. The number of piperazine rings is 1. The number of hydrogen-bond acceptors (Lipinski definition) is 10. The molecule has 0 spiro atoms. The molecule has 2 saturated heterocycles. The molecule has 0 bridgehead atoms. The van der Waals surface area contributed by atoms with Gasteiger partial charge in [-0.2, -0.15) is 0 Å². The summed E-state index contributed by atoms with van der Waals surface area (Å²) in [6, 6.07) is 13.6. The van der Waals surface area contributed by atoms with Gasteiger partial charge in [0.05, 0.1) is 27.3 Å². The molecule has 3 aromatic heterocycles. The van der Waals surface area contributed by atoms with E-state index < -0.39 is 12.0 Å². The molecule has 2 atom stereocenters. The van der Waals surface area contributed by atoms with Crippen LogP contribution < -0.4 is 15.5 Å². The molecule has 3 amide bonds. The molecule has 310 valence electrons. The Hall–Kier alpha value is -4.62. The van der Waals surface area contributed by atoms with Crippen molar-refractivity contribution in [3.8, 4) is 10.4 Å². The van der Waals surface area contributed by atoms with Crippen molar-refractivity contribution < 1.29 is 18.9 Å². The SMILES string of the molecule is Cc1ncsc1-c1ccc(CNC(=O)[C@@H]2CCCN2C(=O)[C@H](c2cc(CCCN3CCN(c4ccc(C(=O)NC5C(C)(C)CC5(C)C)cn4)CC3)no2)C(C)C)cc1. The van der Waals surface area contributed by atoms with Gasteiger partial charge < -0.3 is 25.0 Å². The largest absolute Gasteiger partial charge is 0.360 e. The van der Waals surface area contributed by atoms with Gasteiger partial charge in [-0.05, 0) is 85.6 Å². The molecular weight excluding hydrogens is 749 g/mol. The minimum absolute atomic E-state index is 0.0235. The van der Waals surface area contributed by atoms with Gasteiger partial charge in [-0.25, -0.2) is 9.97 Å². The first-order valence-electron chi connectivity index (χ1n) is 21.0. The fourth-order valence-corrected chi connectivity index (χ4v) is 10.6. The summed E-state index contributed by atoms with van der Waals surface area (Å²) in [5.41, 5.74) is 6.62. The smallest absolute Gasteiger partial charge is 0.253 e. The van der Waals surface area contributed by atoms with Gasteiger partial charge in [-0.15, -0.1) is 11.3 Å². The fourth-order valence-electron chi connectivity index (χ4n) is 9.77. The predicted octanol–water partition coefficient (Wildman–Crippen LogP) is 6.86. The van der Waals surface area contributed by atoms with E-state index in [0.29, 0.717) is 30.8 Å². The van der Waals surface area contributed by atoms with E-state index in [1.54, 1.807) is 22.4 Å². The van der Waals surface area contributed by atoms with Crippen molar-refractivity contribution in [1.29, 1.82) is 0 Å². The summed E-state index contributed by atoms with van der Waals surface area (Å²) < 4.78 is 5.83. The summed E-state index contributed by atoms with van der Waals surface area (Å²) in [5, 5.41) is 10.7. The Morgan fingerprint density at radius 1 is 0.966 bits per heavy atom. The standard InChI is InChI=1S/C45H60N8O4S/c1-29(2)38(42(56)53-19-9-11-35(53)41(55)47-25-31-12-14-32(15-13-31)39-30(3)48-28-58-39)36-24-34(50-57-36)10-8-18-51-20-22-52(23-21-51)37-17-16-33(26-46-37)40(54)49-43-44(4,5)27-45(43,6)7/h12-17,24,26,28-29,35,38,43H,8-11,18-23,25,27H2,1-7H3,(H,47,55)(H,49,54)/t35-,38-/m0/s1. The number of pyridine rings is 1. The molecule has 12 nitrogen and oxygen atoms in total. The van der Waals surface area contributed by atoms with Crippen LogP contribution in [0.15, 0.2) is 58.7 Å². The van der Waals surface area contributed by atoms with Crippen molar-refractivity contribution in [2.75, 3.05) is 44.2 Å². The third-order valence-electron chi connectivity index (χ3n) is 12.4. The second-order valence-corrected chi connectivity index (χ2v) is 19.1. The van der Waals surface area contributed by atoms with Crippen molar-refractivity contribution in [2.45, 2.75) is 105 Å². The number of anilines is 1. The normalized spacial score (nSPS) is 19.9. The number of benzene rings is 1. The molecule has 4 aromatic rings. The van der Waals surface area contributed by atoms with Crippen LogP contribution in [-0.2, 0) is 22.6 Å². The quantitative estimate of drug-likeness (QED) is 0.140. The molecule has 1 saturated carbocycles. The number of aryl methyl sites for hydroxylation is 2. The number of rotatable bonds is 14. The maximum atomic E-state index is 14.1. The molecule has 2 aliphatic heterocycles. The summed E-state index contributed by atoms with van der Waals surface area (Å²) in [6.07, 6.45) is 5.89. The molecule has 3 aliphatic rings. The highest BCUT2D eigenvalue weighted by Crippen LogP contribution is 2.53. The molecule has 58 heavy (non-hydrogen) atoms. The minimum Gasteiger partial charge on any atom is -0.360 e. The van der Waals surface area contributed by atoms with Crippen molar-refractivity contribution >= 4 is 34.9 Å². The van der Waals surface area contributed by atoms with E-state index in [-0.39, 0.29) is 40.5 Å². The van der Waals surface area contributed by atoms with Crippen LogP contribution in [0.25, 0.3) is 10.4 Å². The van der Waals surface area contributed by atoms with Gasteiger partial charge in [0.15, 0.2) is 0 Å². The Bertz CT molecular complexity index is 2030. The topological polar surface area (TPSA) is 137 Å². The first-order valence-corrected chi connectivity index (χ1v) is 21.9. The van der Waals surface area contributed by atoms with Gasteiger partial charge in [0, 0.05) is 57.6 Å². The number of nitrogens with one attached hydrogen (secondary N) is 2. The van der Waals surface area contributed by atoms with Crippen LogP contribution in [0.2, 0.25) is 0 Å². The predicted molar refractivity (Wildman–Crippen MR) is 228 cm³/mol. The van der Waals surface area contributed by atoms with Crippen LogP contribution in [0.3, 0.4) is 0 Å². The summed E-state index contributed by atoms with van der Waals surface area (Å²) in [4.78, 5) is 57.2. The van der Waals surface area contributed by atoms with Gasteiger partial charge >= 0.3 is 0 Å². The highest BCUT2D eigenvalue weighted by Gasteiger charge is 2.53. The van der Waals surface area contributed by atoms with E-state index in [1.807, 2.05) is 56.6 Å². The number of aromatic nitrogens is 3. The van der Waals surface area contributed by atoms with Gasteiger partial charge in [-0.3, -0.25) is 19.3 Å². The lowest BCUT2D eigenvalue weighted by molar-refractivity contribution is -0.140. The lowest BCUT2D eigenvalue weighted by Crippen LogP contribution is -2.63. The van der Waals surface area contributed by atoms with Gasteiger partial charge in [-0.1, -0.05) is 71.0 Å². The van der Waals surface area contributed by atoms with Crippen LogP contribution in [0.5, 0.6) is 0 Å². The summed E-state index contributed by atoms with van der Waals surface area (Å²) in [5.74, 6) is 0.673. The molecule has 2 N–H and O–H groups in total. The number of hydrogen-bond donors (Lipinski definition) is 2. The fraction of sp³-hybridized carbons (Fsp3) is 0.556. The van der Waals surface area contributed by atoms with E-state index in [4.69, 9.17) is 4.52 Å². The lowest BCUT2D eigenvalue weighted by Gasteiger charge is -2.57. The molecule has 3 fully saturated rings. The highest BCUT2D eigenvalue weighted by molar-refractivity contribution is 7.13. The zero-order valence-electron chi connectivity index (χ0n) is 35.2. The summed E-state index contributed by atoms with van der Waals surface area (Å²) in [6.45, 7) is 20.4. The number of thiazole rings is 1. The molecule has 13 heteroatoms. The van der Waals surface area contributed by atoms with E-state index in [2.05, 4.69) is 75.4 Å². The Morgan fingerprint density at radius 3 is 2.34 bits per heavy atom. The van der Waals surface area contributed by atoms with Crippen LogP contribution in [0, 0.1) is 23.7 Å². The van der Waals surface area contributed by atoms with Crippen molar-refractivity contribution in [3.63, 3.8) is 0 Å². The van der Waals surface area contributed by atoms with Gasteiger partial charge in [0.25, 0.3) is 5.91 Å². The second-order valence-electron chi connectivity index (χ2n) is 18.2. The third-order valence-corrected chi connectivity index (χ3v) is 13.4. The number of nitrogens with zero attached hydrogens (tertiary/aromatic N) is 6. The molecule has 0 unspecified atom stereocenters. The third kappa shape index (κ3) is 9.15. The van der Waals surface area contributed by atoms with E-state index in [1.165, 1.54) is 0 Å². The van der Waals surface area contributed by atoms with Crippen LogP contribution in [-0.4, -0.2) is 94.0 Å². The number of carbonyl (C=O) groups excluding carboxylic acids is 3. The van der Waals surface area contributed by atoms with Crippen LogP contribution >= 0.6 is 11.3 Å². The maximum absolute atomic E-state index is 14.1. The van der Waals surface area contributed by atoms with E-state index in [0.717, 1.165) is 91.6 Å². The molecule has 1 aliphatic carbocycles. The monoisotopic (exact) mass is 808 g/mol. The van der Waals surface area contributed by atoms with Crippen molar-refractivity contribution in [3.05, 3.63) is 82.4 Å². The van der Waals surface area contributed by atoms with Gasteiger partial charge in [0.2, 0.25) is 11.8 Å².